The highest BCUT2D eigenvalue weighted by Gasteiger charge is 2.44. The molecule has 0 unspecified atom stereocenters. The van der Waals surface area contributed by atoms with E-state index < -0.39 is 34.4 Å². The van der Waals surface area contributed by atoms with Gasteiger partial charge in [-0.2, -0.15) is 5.10 Å². The van der Waals surface area contributed by atoms with Gasteiger partial charge in [-0.05, 0) is 40.1 Å². The van der Waals surface area contributed by atoms with Gasteiger partial charge in [0, 0.05) is 6.42 Å². The van der Waals surface area contributed by atoms with Crippen molar-refractivity contribution in [1.29, 1.82) is 0 Å². The Hall–Kier alpha value is -4.30. The monoisotopic (exact) mass is 495 g/mol. The van der Waals surface area contributed by atoms with E-state index >= 15 is 0 Å². The standard InChI is InChI=1S/C28H21N3O4S/c32-27(18-30-28(33)23-12-6-7-13-26(23)36(30,34)35)31-25(20-9-2-1-3-10-20)17-24(29-31)22-15-14-19-8-4-5-11-21(19)16-22/h1-16,25H,17-18H2/t25-/m1/s1. The first-order valence-electron chi connectivity index (χ1n) is 11.5. The van der Waals surface area contributed by atoms with Gasteiger partial charge in [0.1, 0.15) is 11.4 Å². The van der Waals surface area contributed by atoms with E-state index in [-0.39, 0.29) is 10.5 Å². The maximum absolute atomic E-state index is 13.5. The minimum absolute atomic E-state index is 0.0756. The molecule has 36 heavy (non-hydrogen) atoms. The summed E-state index contributed by atoms with van der Waals surface area (Å²) >= 11 is 0. The van der Waals surface area contributed by atoms with Gasteiger partial charge in [0.05, 0.1) is 17.3 Å². The minimum atomic E-state index is -4.10. The Morgan fingerprint density at radius 1 is 0.861 bits per heavy atom. The summed E-state index contributed by atoms with van der Waals surface area (Å²) in [4.78, 5) is 26.3. The number of hydrogen-bond donors (Lipinski definition) is 0. The lowest BCUT2D eigenvalue weighted by atomic mass is 9.97. The fraction of sp³-hybridized carbons (Fsp3) is 0.107. The van der Waals surface area contributed by atoms with E-state index in [2.05, 4.69) is 5.10 Å². The predicted octanol–water partition coefficient (Wildman–Crippen LogP) is 4.36. The summed E-state index contributed by atoms with van der Waals surface area (Å²) in [5, 5.41) is 8.14. The van der Waals surface area contributed by atoms with Gasteiger partial charge < -0.3 is 0 Å². The molecule has 7 nitrogen and oxygen atoms in total. The SMILES string of the molecule is O=C(CN1C(=O)c2ccccc2S1(=O)=O)N1N=C(c2ccc3ccccc3c2)C[C@@H]1c1ccccc1. The number of rotatable bonds is 4. The third-order valence-electron chi connectivity index (χ3n) is 6.62. The summed E-state index contributed by atoms with van der Waals surface area (Å²) in [6.07, 6.45) is 0.467. The van der Waals surface area contributed by atoms with Crippen LogP contribution in [-0.4, -0.2) is 41.8 Å². The zero-order valence-corrected chi connectivity index (χ0v) is 19.9. The lowest BCUT2D eigenvalue weighted by Crippen LogP contribution is -2.41. The molecule has 0 saturated carbocycles. The number of fused-ring (bicyclic) bond motifs is 2. The molecule has 0 saturated heterocycles. The highest BCUT2D eigenvalue weighted by molar-refractivity contribution is 7.90. The average Bonchev–Trinajstić information content (AvgIpc) is 3.44. The molecular weight excluding hydrogens is 474 g/mol. The van der Waals surface area contributed by atoms with Crippen LogP contribution in [0.5, 0.6) is 0 Å². The third-order valence-corrected chi connectivity index (χ3v) is 8.41. The van der Waals surface area contributed by atoms with Crippen LogP contribution in [0.4, 0.5) is 0 Å². The van der Waals surface area contributed by atoms with Crippen molar-refractivity contribution in [2.24, 2.45) is 5.10 Å². The summed E-state index contributed by atoms with van der Waals surface area (Å²) in [6.45, 7) is -0.617. The Bertz CT molecular complexity index is 1660. The Morgan fingerprint density at radius 3 is 2.33 bits per heavy atom. The topological polar surface area (TPSA) is 87.1 Å². The zero-order chi connectivity index (χ0) is 24.9. The number of amides is 2. The first-order chi connectivity index (χ1) is 17.4. The molecule has 0 spiro atoms. The van der Waals surface area contributed by atoms with Crippen molar-refractivity contribution in [3.05, 3.63) is 114 Å². The minimum Gasteiger partial charge on any atom is -0.271 e. The second-order valence-electron chi connectivity index (χ2n) is 8.79. The van der Waals surface area contributed by atoms with Crippen molar-refractivity contribution in [2.75, 3.05) is 6.54 Å². The molecule has 2 aliphatic heterocycles. The predicted molar refractivity (Wildman–Crippen MR) is 136 cm³/mol. The van der Waals surface area contributed by atoms with E-state index in [1.807, 2.05) is 72.8 Å². The molecule has 178 valence electrons. The number of hydrogen-bond acceptors (Lipinski definition) is 5. The van der Waals surface area contributed by atoms with Crippen molar-refractivity contribution in [2.45, 2.75) is 17.4 Å². The lowest BCUT2D eigenvalue weighted by molar-refractivity contribution is -0.132. The molecule has 0 fully saturated rings. The molecule has 0 bridgehead atoms. The maximum Gasteiger partial charge on any atom is 0.269 e. The van der Waals surface area contributed by atoms with Crippen LogP contribution in [0.3, 0.4) is 0 Å². The molecule has 2 aliphatic rings. The largest absolute Gasteiger partial charge is 0.271 e. The van der Waals surface area contributed by atoms with Crippen LogP contribution in [0.15, 0.2) is 107 Å². The molecule has 0 N–H and O–H groups in total. The van der Waals surface area contributed by atoms with E-state index in [4.69, 9.17) is 0 Å². The van der Waals surface area contributed by atoms with Gasteiger partial charge >= 0.3 is 0 Å². The summed E-state index contributed by atoms with van der Waals surface area (Å²) < 4.78 is 26.7. The maximum atomic E-state index is 13.5. The van der Waals surface area contributed by atoms with Crippen molar-refractivity contribution in [3.8, 4) is 0 Å². The molecule has 0 aromatic heterocycles. The van der Waals surface area contributed by atoms with Crippen molar-refractivity contribution < 1.29 is 18.0 Å². The van der Waals surface area contributed by atoms with Crippen LogP contribution in [0.1, 0.15) is 33.9 Å². The van der Waals surface area contributed by atoms with E-state index in [0.29, 0.717) is 10.7 Å². The molecule has 6 rings (SSSR count). The number of carbonyl (C=O) groups excluding carboxylic acids is 2. The molecule has 8 heteroatoms. The van der Waals surface area contributed by atoms with E-state index in [9.17, 15) is 18.0 Å². The fourth-order valence-electron chi connectivity index (χ4n) is 4.80. The van der Waals surface area contributed by atoms with Crippen LogP contribution < -0.4 is 0 Å². The second kappa shape index (κ2) is 8.42. The molecule has 4 aromatic carbocycles. The number of carbonyl (C=O) groups is 2. The second-order valence-corrected chi connectivity index (χ2v) is 10.6. The first-order valence-corrected chi connectivity index (χ1v) is 13.0. The van der Waals surface area contributed by atoms with Gasteiger partial charge in [-0.15, -0.1) is 0 Å². The van der Waals surface area contributed by atoms with Gasteiger partial charge in [0.25, 0.3) is 21.8 Å². The Kier molecular flexibility index (Phi) is 5.19. The van der Waals surface area contributed by atoms with Gasteiger partial charge in [-0.25, -0.2) is 17.7 Å². The molecule has 4 aromatic rings. The number of benzene rings is 4. The summed E-state index contributed by atoms with van der Waals surface area (Å²) in [5.74, 6) is -1.27. The van der Waals surface area contributed by atoms with Crippen LogP contribution in [0.2, 0.25) is 0 Å². The van der Waals surface area contributed by atoms with Gasteiger partial charge in [-0.3, -0.25) is 9.59 Å². The molecule has 2 heterocycles. The van der Waals surface area contributed by atoms with Gasteiger partial charge in [0.2, 0.25) is 0 Å². The molecular formula is C28H21N3O4S. The average molecular weight is 496 g/mol. The van der Waals surface area contributed by atoms with E-state index in [0.717, 1.165) is 27.6 Å². The summed E-state index contributed by atoms with van der Waals surface area (Å²) in [6, 6.07) is 29.1. The quantitative estimate of drug-likeness (QED) is 0.421. The molecule has 0 aliphatic carbocycles. The van der Waals surface area contributed by atoms with Crippen LogP contribution in [0.25, 0.3) is 10.8 Å². The van der Waals surface area contributed by atoms with E-state index in [1.165, 1.54) is 17.1 Å². The smallest absolute Gasteiger partial charge is 0.269 e. The lowest BCUT2D eigenvalue weighted by Gasteiger charge is -2.24. The summed E-state index contributed by atoms with van der Waals surface area (Å²) in [7, 11) is -4.10. The Morgan fingerprint density at radius 2 is 1.56 bits per heavy atom. The Labute approximate surface area is 208 Å². The number of hydrazone groups is 1. The first kappa shape index (κ1) is 22.2. The van der Waals surface area contributed by atoms with Crippen LogP contribution in [0, 0.1) is 0 Å². The molecule has 0 radical (unpaired) electrons. The normalized spacial score (nSPS) is 18.4. The Balaban J connectivity index is 1.35. The summed E-state index contributed by atoms with van der Waals surface area (Å²) in [5.41, 5.74) is 2.57. The van der Waals surface area contributed by atoms with Crippen LogP contribution in [-0.2, 0) is 14.8 Å². The highest BCUT2D eigenvalue weighted by Crippen LogP contribution is 2.35. The zero-order valence-electron chi connectivity index (χ0n) is 19.1. The molecule has 2 amide bonds. The van der Waals surface area contributed by atoms with Crippen molar-refractivity contribution in [1.82, 2.24) is 9.31 Å². The number of nitrogens with zero attached hydrogens (tertiary/aromatic N) is 3. The fourth-order valence-corrected chi connectivity index (χ4v) is 6.32. The van der Waals surface area contributed by atoms with Gasteiger partial charge in [0.15, 0.2) is 0 Å². The van der Waals surface area contributed by atoms with Crippen molar-refractivity contribution in [3.63, 3.8) is 0 Å². The van der Waals surface area contributed by atoms with Crippen LogP contribution >= 0.6 is 0 Å². The molecule has 1 atom stereocenters. The van der Waals surface area contributed by atoms with E-state index in [1.54, 1.807) is 12.1 Å². The van der Waals surface area contributed by atoms with Gasteiger partial charge in [-0.1, -0.05) is 78.9 Å². The highest BCUT2D eigenvalue weighted by atomic mass is 32.2. The number of sulfonamides is 1. The third kappa shape index (κ3) is 3.58. The van der Waals surface area contributed by atoms with Crippen molar-refractivity contribution >= 4 is 38.3 Å².